The lowest BCUT2D eigenvalue weighted by atomic mass is 10.1. The molecule has 88 valence electrons. The fourth-order valence-electron chi connectivity index (χ4n) is 1.22. The molecule has 3 N–H and O–H groups in total. The zero-order chi connectivity index (χ0) is 11.8. The number of amides is 1. The number of unbranched alkanes of at least 4 members (excludes halogenated alkanes) is 1. The highest BCUT2D eigenvalue weighted by Crippen LogP contribution is 2.09. The molecule has 0 spiro atoms. The predicted octanol–water partition coefficient (Wildman–Crippen LogP) is 0.267. The quantitative estimate of drug-likeness (QED) is 0.493. The average Bonchev–Trinajstić information content (AvgIpc) is 2.22. The summed E-state index contributed by atoms with van der Waals surface area (Å²) in [7, 11) is 2.60. The van der Waals surface area contributed by atoms with Gasteiger partial charge in [0.15, 0.2) is 0 Å². The van der Waals surface area contributed by atoms with Crippen LogP contribution in [-0.2, 0) is 9.53 Å². The highest BCUT2D eigenvalue weighted by atomic mass is 16.5. The predicted molar refractivity (Wildman–Crippen MR) is 54.5 cm³/mol. The van der Waals surface area contributed by atoms with Crippen LogP contribution in [0.2, 0.25) is 0 Å². The first kappa shape index (κ1) is 13.7. The van der Waals surface area contributed by atoms with E-state index in [0.29, 0.717) is 19.4 Å². The summed E-state index contributed by atoms with van der Waals surface area (Å²) < 4.78 is 4.54. The van der Waals surface area contributed by atoms with Crippen molar-refractivity contribution >= 4 is 12.1 Å². The number of carboxylic acid groups (broad SMARTS) is 1. The lowest BCUT2D eigenvalue weighted by Gasteiger charge is -2.23. The van der Waals surface area contributed by atoms with Gasteiger partial charge in [0.2, 0.25) is 0 Å². The summed E-state index contributed by atoms with van der Waals surface area (Å²) >= 11 is 0. The number of carbonyl (C=O) groups excluding carboxylic acids is 1. The van der Waals surface area contributed by atoms with Crippen molar-refractivity contribution in [2.45, 2.75) is 25.3 Å². The molecule has 0 unspecified atom stereocenters. The Labute approximate surface area is 89.0 Å². The van der Waals surface area contributed by atoms with Gasteiger partial charge in [0, 0.05) is 7.05 Å². The van der Waals surface area contributed by atoms with Gasteiger partial charge in [-0.1, -0.05) is 0 Å². The van der Waals surface area contributed by atoms with Crippen LogP contribution >= 0.6 is 0 Å². The van der Waals surface area contributed by atoms with Crippen LogP contribution in [0, 0.1) is 0 Å². The third-order valence-electron chi connectivity index (χ3n) is 2.17. The van der Waals surface area contributed by atoms with Crippen LogP contribution in [0.25, 0.3) is 0 Å². The van der Waals surface area contributed by atoms with Gasteiger partial charge in [0.05, 0.1) is 7.11 Å². The van der Waals surface area contributed by atoms with Crippen molar-refractivity contribution in [1.82, 2.24) is 4.90 Å². The van der Waals surface area contributed by atoms with E-state index in [1.807, 2.05) is 0 Å². The summed E-state index contributed by atoms with van der Waals surface area (Å²) in [5.74, 6) is -0.531. The SMILES string of the molecule is COC(=O)[C@H](CCCCN)N(C)C(=O)O. The summed E-state index contributed by atoms with van der Waals surface area (Å²) in [6.45, 7) is 0.532. The Morgan fingerprint density at radius 2 is 2.07 bits per heavy atom. The molecule has 0 radical (unpaired) electrons. The monoisotopic (exact) mass is 218 g/mol. The maximum atomic E-state index is 11.3. The zero-order valence-corrected chi connectivity index (χ0v) is 9.10. The van der Waals surface area contributed by atoms with E-state index in [1.54, 1.807) is 0 Å². The Morgan fingerprint density at radius 3 is 2.47 bits per heavy atom. The molecule has 0 aromatic rings. The molecule has 0 aliphatic heterocycles. The summed E-state index contributed by atoms with van der Waals surface area (Å²) in [5.41, 5.74) is 5.31. The molecule has 0 aliphatic rings. The highest BCUT2D eigenvalue weighted by Gasteiger charge is 2.26. The summed E-state index contributed by atoms with van der Waals surface area (Å²) in [4.78, 5) is 22.9. The third-order valence-corrected chi connectivity index (χ3v) is 2.17. The topological polar surface area (TPSA) is 92.9 Å². The van der Waals surface area contributed by atoms with Gasteiger partial charge < -0.3 is 15.6 Å². The second-order valence-electron chi connectivity index (χ2n) is 3.22. The molecule has 0 saturated heterocycles. The first-order valence-electron chi connectivity index (χ1n) is 4.78. The van der Waals surface area contributed by atoms with E-state index in [9.17, 15) is 9.59 Å². The Morgan fingerprint density at radius 1 is 1.47 bits per heavy atom. The van der Waals surface area contributed by atoms with Gasteiger partial charge in [0.25, 0.3) is 0 Å². The van der Waals surface area contributed by atoms with E-state index < -0.39 is 18.1 Å². The van der Waals surface area contributed by atoms with Crippen molar-refractivity contribution in [1.29, 1.82) is 0 Å². The van der Waals surface area contributed by atoms with Crippen LogP contribution in [0.15, 0.2) is 0 Å². The number of nitrogens with zero attached hydrogens (tertiary/aromatic N) is 1. The Kier molecular flexibility index (Phi) is 6.44. The van der Waals surface area contributed by atoms with E-state index in [0.717, 1.165) is 11.3 Å². The van der Waals surface area contributed by atoms with E-state index in [4.69, 9.17) is 10.8 Å². The molecule has 0 rings (SSSR count). The summed E-state index contributed by atoms with van der Waals surface area (Å²) in [6, 6.07) is -0.737. The fourth-order valence-corrected chi connectivity index (χ4v) is 1.22. The van der Waals surface area contributed by atoms with E-state index in [2.05, 4.69) is 4.74 Å². The first-order chi connectivity index (χ1) is 7.04. The molecule has 0 fully saturated rings. The number of carbonyl (C=O) groups is 2. The number of hydrogen-bond donors (Lipinski definition) is 2. The summed E-state index contributed by atoms with van der Waals surface area (Å²) in [5, 5.41) is 8.75. The van der Waals surface area contributed by atoms with Crippen molar-refractivity contribution in [2.24, 2.45) is 5.73 Å². The molecule has 1 atom stereocenters. The van der Waals surface area contributed by atoms with Crippen molar-refractivity contribution in [3.8, 4) is 0 Å². The Bertz CT molecular complexity index is 220. The molecule has 6 nitrogen and oxygen atoms in total. The lowest BCUT2D eigenvalue weighted by molar-refractivity contribution is -0.146. The van der Waals surface area contributed by atoms with Crippen molar-refractivity contribution in [3.63, 3.8) is 0 Å². The minimum Gasteiger partial charge on any atom is -0.467 e. The van der Waals surface area contributed by atoms with Gasteiger partial charge in [-0.15, -0.1) is 0 Å². The number of hydrogen-bond acceptors (Lipinski definition) is 4. The van der Waals surface area contributed by atoms with Gasteiger partial charge >= 0.3 is 12.1 Å². The molecule has 0 aromatic heterocycles. The van der Waals surface area contributed by atoms with E-state index in [-0.39, 0.29) is 0 Å². The number of likely N-dealkylation sites (N-methyl/N-ethyl adjacent to an activating group) is 1. The smallest absolute Gasteiger partial charge is 0.407 e. The van der Waals surface area contributed by atoms with Crippen LogP contribution in [-0.4, -0.2) is 48.8 Å². The molecule has 0 aliphatic carbocycles. The number of esters is 1. The van der Waals surface area contributed by atoms with Crippen LogP contribution in [0.5, 0.6) is 0 Å². The van der Waals surface area contributed by atoms with Crippen LogP contribution in [0.1, 0.15) is 19.3 Å². The minimum absolute atomic E-state index is 0.437. The van der Waals surface area contributed by atoms with E-state index >= 15 is 0 Å². The van der Waals surface area contributed by atoms with Gasteiger partial charge in [0.1, 0.15) is 6.04 Å². The molecule has 0 aromatic carbocycles. The molecule has 0 saturated carbocycles. The standard InChI is InChI=1S/C9H18N2O4/c1-11(9(13)14)7(8(12)15-2)5-3-4-6-10/h7H,3-6,10H2,1-2H3,(H,13,14)/t7-/m0/s1. The van der Waals surface area contributed by atoms with Crippen LogP contribution in [0.3, 0.4) is 0 Å². The molecule has 1 amide bonds. The van der Waals surface area contributed by atoms with Gasteiger partial charge in [-0.25, -0.2) is 9.59 Å². The van der Waals surface area contributed by atoms with Crippen LogP contribution < -0.4 is 5.73 Å². The van der Waals surface area contributed by atoms with Crippen molar-refractivity contribution in [2.75, 3.05) is 20.7 Å². The number of nitrogens with two attached hydrogens (primary N) is 1. The van der Waals surface area contributed by atoms with Gasteiger partial charge in [-0.2, -0.15) is 0 Å². The first-order valence-corrected chi connectivity index (χ1v) is 4.78. The Hall–Kier alpha value is -1.30. The summed E-state index contributed by atoms with van der Waals surface area (Å²) in [6.07, 6.45) is 0.764. The number of rotatable bonds is 6. The average molecular weight is 218 g/mol. The van der Waals surface area contributed by atoms with Gasteiger partial charge in [-0.3, -0.25) is 4.90 Å². The molecular weight excluding hydrogens is 200 g/mol. The van der Waals surface area contributed by atoms with Gasteiger partial charge in [-0.05, 0) is 25.8 Å². The van der Waals surface area contributed by atoms with Crippen molar-refractivity contribution < 1.29 is 19.4 Å². The van der Waals surface area contributed by atoms with Crippen molar-refractivity contribution in [3.05, 3.63) is 0 Å². The lowest BCUT2D eigenvalue weighted by Crippen LogP contribution is -2.42. The second kappa shape index (κ2) is 7.05. The Balaban J connectivity index is 4.30. The number of methoxy groups -OCH3 is 1. The molecule has 0 heterocycles. The minimum atomic E-state index is -1.14. The normalized spacial score (nSPS) is 11.9. The molecule has 6 heteroatoms. The second-order valence-corrected chi connectivity index (χ2v) is 3.22. The molecule has 15 heavy (non-hydrogen) atoms. The molecule has 0 bridgehead atoms. The zero-order valence-electron chi connectivity index (χ0n) is 9.10. The number of ether oxygens (including phenoxy) is 1. The maximum absolute atomic E-state index is 11.3. The fraction of sp³-hybridized carbons (Fsp3) is 0.778. The largest absolute Gasteiger partial charge is 0.467 e. The van der Waals surface area contributed by atoms with Crippen LogP contribution in [0.4, 0.5) is 4.79 Å². The molecular formula is C9H18N2O4. The highest BCUT2D eigenvalue weighted by molar-refractivity contribution is 5.80. The van der Waals surface area contributed by atoms with E-state index in [1.165, 1.54) is 14.2 Å². The third kappa shape index (κ3) is 4.64. The maximum Gasteiger partial charge on any atom is 0.407 e.